The normalized spacial score (nSPS) is 10.5. The molecule has 0 unspecified atom stereocenters. The highest BCUT2D eigenvalue weighted by atomic mass is 16.5. The maximum Gasteiger partial charge on any atom is 0.278 e. The maximum atomic E-state index is 11.9. The second-order valence-electron chi connectivity index (χ2n) is 5.00. The van der Waals surface area contributed by atoms with Gasteiger partial charge in [0.15, 0.2) is 5.82 Å². The quantitative estimate of drug-likeness (QED) is 0.771. The summed E-state index contributed by atoms with van der Waals surface area (Å²) in [5.41, 5.74) is 2.32. The molecule has 116 valence electrons. The van der Waals surface area contributed by atoms with Crippen molar-refractivity contribution in [1.29, 1.82) is 0 Å². The van der Waals surface area contributed by atoms with Crippen LogP contribution in [0, 0.1) is 6.92 Å². The topological polar surface area (TPSA) is 93.8 Å². The number of benzene rings is 1. The first-order valence-corrected chi connectivity index (χ1v) is 7.13. The Morgan fingerprint density at radius 3 is 2.74 bits per heavy atom. The van der Waals surface area contributed by atoms with Crippen molar-refractivity contribution in [2.45, 2.75) is 19.9 Å². The molecule has 7 heteroatoms. The second kappa shape index (κ2) is 6.78. The Morgan fingerprint density at radius 1 is 1.17 bits per heavy atom. The molecule has 0 aliphatic carbocycles. The van der Waals surface area contributed by atoms with E-state index in [1.807, 2.05) is 37.3 Å². The Morgan fingerprint density at radius 2 is 2.00 bits per heavy atom. The summed E-state index contributed by atoms with van der Waals surface area (Å²) in [6.45, 7) is 2.31. The highest BCUT2D eigenvalue weighted by Crippen LogP contribution is 2.13. The standard InChI is InChI=1S/C16H15N5O2/c1-11-8-18-13(10-17-11)16-20-14(21-23-16)7-15(22)19-9-12-5-3-2-4-6-12/h2-6,8,10H,7,9H2,1H3,(H,19,22). The average molecular weight is 309 g/mol. The van der Waals surface area contributed by atoms with E-state index in [4.69, 9.17) is 4.52 Å². The number of amides is 1. The van der Waals surface area contributed by atoms with Gasteiger partial charge in [-0.25, -0.2) is 4.98 Å². The summed E-state index contributed by atoms with van der Waals surface area (Å²) in [7, 11) is 0. The SMILES string of the molecule is Cc1cnc(-c2nc(CC(=O)NCc3ccccc3)no2)cn1. The van der Waals surface area contributed by atoms with E-state index in [1.54, 1.807) is 12.4 Å². The predicted octanol–water partition coefficient (Wildman–Crippen LogP) is 1.69. The van der Waals surface area contributed by atoms with Gasteiger partial charge in [-0.1, -0.05) is 35.5 Å². The third kappa shape index (κ3) is 3.97. The molecular weight excluding hydrogens is 294 g/mol. The van der Waals surface area contributed by atoms with Crippen LogP contribution >= 0.6 is 0 Å². The highest BCUT2D eigenvalue weighted by molar-refractivity contribution is 5.77. The number of hydrogen-bond acceptors (Lipinski definition) is 6. The summed E-state index contributed by atoms with van der Waals surface area (Å²) in [5.74, 6) is 0.396. The third-order valence-corrected chi connectivity index (χ3v) is 3.12. The van der Waals surface area contributed by atoms with Gasteiger partial charge in [-0.3, -0.25) is 9.78 Å². The summed E-state index contributed by atoms with van der Waals surface area (Å²) in [6.07, 6.45) is 3.23. The summed E-state index contributed by atoms with van der Waals surface area (Å²) >= 11 is 0. The minimum absolute atomic E-state index is 0.0512. The molecule has 0 saturated carbocycles. The Kier molecular flexibility index (Phi) is 4.37. The van der Waals surface area contributed by atoms with Crippen molar-refractivity contribution >= 4 is 5.91 Å². The molecule has 2 aromatic heterocycles. The number of nitrogens with one attached hydrogen (secondary N) is 1. The van der Waals surface area contributed by atoms with Crippen molar-refractivity contribution < 1.29 is 9.32 Å². The van der Waals surface area contributed by atoms with E-state index in [9.17, 15) is 4.79 Å². The van der Waals surface area contributed by atoms with Gasteiger partial charge in [0.05, 0.1) is 18.3 Å². The summed E-state index contributed by atoms with van der Waals surface area (Å²) < 4.78 is 5.11. The van der Waals surface area contributed by atoms with E-state index >= 15 is 0 Å². The maximum absolute atomic E-state index is 11.9. The fraction of sp³-hybridized carbons (Fsp3) is 0.188. The molecule has 1 N–H and O–H groups in total. The van der Waals surface area contributed by atoms with E-state index < -0.39 is 0 Å². The number of carbonyl (C=O) groups excluding carboxylic acids is 1. The Bertz CT molecular complexity index is 784. The minimum atomic E-state index is -0.170. The fourth-order valence-corrected chi connectivity index (χ4v) is 1.94. The number of aryl methyl sites for hydroxylation is 1. The molecule has 0 spiro atoms. The van der Waals surface area contributed by atoms with E-state index in [0.29, 0.717) is 18.1 Å². The number of carbonyl (C=O) groups is 1. The van der Waals surface area contributed by atoms with Crippen LogP contribution in [0.2, 0.25) is 0 Å². The first kappa shape index (κ1) is 14.8. The monoisotopic (exact) mass is 309 g/mol. The molecule has 2 heterocycles. The molecule has 0 atom stereocenters. The van der Waals surface area contributed by atoms with Crippen molar-refractivity contribution in [2.24, 2.45) is 0 Å². The lowest BCUT2D eigenvalue weighted by Crippen LogP contribution is -2.24. The van der Waals surface area contributed by atoms with E-state index in [0.717, 1.165) is 11.3 Å². The van der Waals surface area contributed by atoms with E-state index in [2.05, 4.69) is 25.4 Å². The molecule has 1 amide bonds. The zero-order valence-corrected chi connectivity index (χ0v) is 12.6. The lowest BCUT2D eigenvalue weighted by Gasteiger charge is -2.03. The molecule has 0 fully saturated rings. The van der Waals surface area contributed by atoms with Gasteiger partial charge in [0.2, 0.25) is 5.91 Å². The predicted molar refractivity (Wildman–Crippen MR) is 82.1 cm³/mol. The first-order chi connectivity index (χ1) is 11.2. The largest absolute Gasteiger partial charge is 0.352 e. The number of rotatable bonds is 5. The molecule has 7 nitrogen and oxygen atoms in total. The molecule has 0 aliphatic heterocycles. The van der Waals surface area contributed by atoms with Crippen molar-refractivity contribution in [3.05, 3.63) is 59.8 Å². The smallest absolute Gasteiger partial charge is 0.278 e. The Hall–Kier alpha value is -3.09. The molecule has 23 heavy (non-hydrogen) atoms. The van der Waals surface area contributed by atoms with Gasteiger partial charge < -0.3 is 9.84 Å². The van der Waals surface area contributed by atoms with Crippen molar-refractivity contribution in [3.8, 4) is 11.6 Å². The summed E-state index contributed by atoms with van der Waals surface area (Å²) in [5, 5.41) is 6.61. The van der Waals surface area contributed by atoms with Gasteiger partial charge in [0.1, 0.15) is 5.69 Å². The molecule has 0 radical (unpaired) electrons. The van der Waals surface area contributed by atoms with Crippen LogP contribution in [-0.4, -0.2) is 26.0 Å². The van der Waals surface area contributed by atoms with Gasteiger partial charge in [0.25, 0.3) is 5.89 Å². The van der Waals surface area contributed by atoms with Crippen LogP contribution in [0.4, 0.5) is 0 Å². The third-order valence-electron chi connectivity index (χ3n) is 3.12. The Balaban J connectivity index is 1.58. The number of nitrogens with zero attached hydrogens (tertiary/aromatic N) is 4. The molecule has 3 aromatic rings. The summed E-state index contributed by atoms with van der Waals surface area (Å²) in [6, 6.07) is 9.68. The Labute approximate surface area is 132 Å². The molecule has 0 aliphatic rings. The molecule has 0 saturated heterocycles. The van der Waals surface area contributed by atoms with E-state index in [-0.39, 0.29) is 18.2 Å². The second-order valence-corrected chi connectivity index (χ2v) is 5.00. The molecule has 3 rings (SSSR count). The van der Waals surface area contributed by atoms with Crippen LogP contribution in [0.1, 0.15) is 17.1 Å². The van der Waals surface area contributed by atoms with Crippen LogP contribution in [0.15, 0.2) is 47.2 Å². The van der Waals surface area contributed by atoms with Gasteiger partial charge >= 0.3 is 0 Å². The zero-order chi connectivity index (χ0) is 16.1. The van der Waals surface area contributed by atoms with Gasteiger partial charge in [0, 0.05) is 12.7 Å². The molecular formula is C16H15N5O2. The van der Waals surface area contributed by atoms with Gasteiger partial charge in [-0.05, 0) is 12.5 Å². The lowest BCUT2D eigenvalue weighted by molar-refractivity contribution is -0.120. The highest BCUT2D eigenvalue weighted by Gasteiger charge is 2.13. The van der Waals surface area contributed by atoms with Crippen molar-refractivity contribution in [3.63, 3.8) is 0 Å². The fourth-order valence-electron chi connectivity index (χ4n) is 1.94. The first-order valence-electron chi connectivity index (χ1n) is 7.13. The number of hydrogen-bond donors (Lipinski definition) is 1. The van der Waals surface area contributed by atoms with Crippen LogP contribution in [-0.2, 0) is 17.8 Å². The van der Waals surface area contributed by atoms with Gasteiger partial charge in [-0.15, -0.1) is 0 Å². The van der Waals surface area contributed by atoms with Crippen LogP contribution in [0.3, 0.4) is 0 Å². The number of aromatic nitrogens is 4. The van der Waals surface area contributed by atoms with Crippen molar-refractivity contribution in [1.82, 2.24) is 25.4 Å². The van der Waals surface area contributed by atoms with Crippen LogP contribution in [0.25, 0.3) is 11.6 Å². The minimum Gasteiger partial charge on any atom is -0.352 e. The van der Waals surface area contributed by atoms with Crippen LogP contribution < -0.4 is 5.32 Å². The van der Waals surface area contributed by atoms with Crippen molar-refractivity contribution in [2.75, 3.05) is 0 Å². The van der Waals surface area contributed by atoms with E-state index in [1.165, 1.54) is 0 Å². The molecule has 1 aromatic carbocycles. The van der Waals surface area contributed by atoms with Crippen LogP contribution in [0.5, 0.6) is 0 Å². The summed E-state index contributed by atoms with van der Waals surface area (Å²) in [4.78, 5) is 24.4. The zero-order valence-electron chi connectivity index (χ0n) is 12.6. The average Bonchev–Trinajstić information content (AvgIpc) is 3.03. The molecule has 0 bridgehead atoms. The van der Waals surface area contributed by atoms with Gasteiger partial charge in [-0.2, -0.15) is 4.98 Å². The lowest BCUT2D eigenvalue weighted by atomic mass is 10.2.